The molecule has 8 heteroatoms. The van der Waals surface area contributed by atoms with E-state index < -0.39 is 0 Å². The Labute approximate surface area is 209 Å². The Bertz CT molecular complexity index is 1340. The monoisotopic (exact) mass is 485 g/mol. The lowest BCUT2D eigenvalue weighted by Crippen LogP contribution is -2.44. The van der Waals surface area contributed by atoms with E-state index in [0.29, 0.717) is 30.2 Å². The van der Waals surface area contributed by atoms with Gasteiger partial charge in [0, 0.05) is 31.2 Å². The number of aryl methyl sites for hydroxylation is 1. The standard InChI is InChI=1S/C28H28FN5O2/c1-2-20-7-11-23(12-8-20)31-26(35)21-6-5-17-33(19-21)28(36)25-18-30-34(24-13-9-22(29)10-14-24)27(25)32-15-3-4-16-32/h3-4,7-16,18,21H,2,5-6,17,19H2,1H3,(H,31,35). The highest BCUT2D eigenvalue weighted by molar-refractivity contribution is 5.98. The number of hydrogen-bond donors (Lipinski definition) is 1. The third-order valence-electron chi connectivity index (χ3n) is 6.60. The fraction of sp³-hybridized carbons (Fsp3) is 0.250. The van der Waals surface area contributed by atoms with E-state index in [9.17, 15) is 14.0 Å². The molecule has 1 unspecified atom stereocenters. The van der Waals surface area contributed by atoms with Gasteiger partial charge in [0.2, 0.25) is 5.91 Å². The Morgan fingerprint density at radius 1 is 1.06 bits per heavy atom. The lowest BCUT2D eigenvalue weighted by atomic mass is 9.96. The first-order chi connectivity index (χ1) is 17.5. The number of nitrogens with zero attached hydrogens (tertiary/aromatic N) is 4. The number of likely N-dealkylation sites (tertiary alicyclic amines) is 1. The number of benzene rings is 2. The molecular formula is C28H28FN5O2. The molecule has 0 saturated carbocycles. The number of rotatable bonds is 6. The molecule has 4 aromatic rings. The van der Waals surface area contributed by atoms with Gasteiger partial charge in [0.1, 0.15) is 11.4 Å². The van der Waals surface area contributed by atoms with Crippen LogP contribution >= 0.6 is 0 Å². The summed E-state index contributed by atoms with van der Waals surface area (Å²) in [5.41, 5.74) is 3.04. The van der Waals surface area contributed by atoms with Crippen LogP contribution in [0.2, 0.25) is 0 Å². The van der Waals surface area contributed by atoms with Gasteiger partial charge in [-0.25, -0.2) is 9.07 Å². The van der Waals surface area contributed by atoms with Gasteiger partial charge in [-0.3, -0.25) is 9.59 Å². The van der Waals surface area contributed by atoms with E-state index in [1.807, 2.05) is 53.4 Å². The summed E-state index contributed by atoms with van der Waals surface area (Å²) in [7, 11) is 0. The summed E-state index contributed by atoms with van der Waals surface area (Å²) in [5.74, 6) is -0.333. The van der Waals surface area contributed by atoms with Gasteiger partial charge < -0.3 is 14.8 Å². The SMILES string of the molecule is CCc1ccc(NC(=O)C2CCCN(C(=O)c3cnn(-c4ccc(F)cc4)c3-n3cccc3)C2)cc1. The number of hydrogen-bond acceptors (Lipinski definition) is 3. The topological polar surface area (TPSA) is 72.2 Å². The van der Waals surface area contributed by atoms with Crippen molar-refractivity contribution in [2.45, 2.75) is 26.2 Å². The summed E-state index contributed by atoms with van der Waals surface area (Å²) < 4.78 is 16.9. The van der Waals surface area contributed by atoms with E-state index in [1.165, 1.54) is 17.7 Å². The first kappa shape index (κ1) is 23.5. The molecule has 1 fully saturated rings. The fourth-order valence-electron chi connectivity index (χ4n) is 4.60. The van der Waals surface area contributed by atoms with Crippen LogP contribution in [-0.4, -0.2) is 44.2 Å². The molecule has 2 aromatic carbocycles. The van der Waals surface area contributed by atoms with Crippen LogP contribution in [0.1, 0.15) is 35.7 Å². The van der Waals surface area contributed by atoms with Crippen molar-refractivity contribution in [3.8, 4) is 11.5 Å². The van der Waals surface area contributed by atoms with Crippen molar-refractivity contribution in [3.63, 3.8) is 0 Å². The first-order valence-corrected chi connectivity index (χ1v) is 12.2. The highest BCUT2D eigenvalue weighted by Gasteiger charge is 2.31. The van der Waals surface area contributed by atoms with Gasteiger partial charge in [0.25, 0.3) is 5.91 Å². The second-order valence-corrected chi connectivity index (χ2v) is 8.99. The molecule has 1 aliphatic rings. The summed E-state index contributed by atoms with van der Waals surface area (Å²) >= 11 is 0. The number of piperidine rings is 1. The van der Waals surface area contributed by atoms with Gasteiger partial charge in [-0.1, -0.05) is 19.1 Å². The highest BCUT2D eigenvalue weighted by atomic mass is 19.1. The van der Waals surface area contributed by atoms with Crippen LogP contribution in [0, 0.1) is 11.7 Å². The van der Waals surface area contributed by atoms with E-state index in [0.717, 1.165) is 24.9 Å². The van der Waals surface area contributed by atoms with Crippen molar-refractivity contribution in [1.82, 2.24) is 19.2 Å². The Balaban J connectivity index is 1.37. The van der Waals surface area contributed by atoms with Crippen LogP contribution in [0.3, 0.4) is 0 Å². The molecule has 1 saturated heterocycles. The molecule has 3 heterocycles. The van der Waals surface area contributed by atoms with E-state index in [-0.39, 0.29) is 23.5 Å². The van der Waals surface area contributed by atoms with Crippen molar-refractivity contribution in [1.29, 1.82) is 0 Å². The van der Waals surface area contributed by atoms with Crippen molar-refractivity contribution < 1.29 is 14.0 Å². The van der Waals surface area contributed by atoms with Crippen molar-refractivity contribution in [2.75, 3.05) is 18.4 Å². The molecule has 0 bridgehead atoms. The maximum Gasteiger partial charge on any atom is 0.259 e. The van der Waals surface area contributed by atoms with Gasteiger partial charge in [0.15, 0.2) is 5.82 Å². The number of carbonyl (C=O) groups excluding carboxylic acids is 2. The fourth-order valence-corrected chi connectivity index (χ4v) is 4.60. The minimum Gasteiger partial charge on any atom is -0.338 e. The smallest absolute Gasteiger partial charge is 0.259 e. The zero-order valence-corrected chi connectivity index (χ0v) is 20.1. The molecule has 2 aromatic heterocycles. The quantitative estimate of drug-likeness (QED) is 0.424. The number of carbonyl (C=O) groups is 2. The molecule has 1 atom stereocenters. The summed E-state index contributed by atoms with van der Waals surface area (Å²) in [4.78, 5) is 28.4. The van der Waals surface area contributed by atoms with E-state index in [1.54, 1.807) is 27.9 Å². The molecule has 0 aliphatic carbocycles. The second kappa shape index (κ2) is 10.2. The molecule has 184 valence electrons. The minimum atomic E-state index is -0.344. The number of aromatic nitrogens is 3. The number of nitrogens with one attached hydrogen (secondary N) is 1. The predicted molar refractivity (Wildman–Crippen MR) is 136 cm³/mol. The van der Waals surface area contributed by atoms with Crippen LogP contribution < -0.4 is 5.32 Å². The molecule has 1 N–H and O–H groups in total. The van der Waals surface area contributed by atoms with Gasteiger partial charge in [-0.2, -0.15) is 5.10 Å². The van der Waals surface area contributed by atoms with Gasteiger partial charge in [-0.15, -0.1) is 0 Å². The highest BCUT2D eigenvalue weighted by Crippen LogP contribution is 2.25. The molecule has 36 heavy (non-hydrogen) atoms. The summed E-state index contributed by atoms with van der Waals surface area (Å²) in [6, 6.07) is 17.5. The Morgan fingerprint density at radius 2 is 1.78 bits per heavy atom. The number of halogens is 1. The number of anilines is 1. The second-order valence-electron chi connectivity index (χ2n) is 8.99. The zero-order chi connectivity index (χ0) is 25.1. The normalized spacial score (nSPS) is 15.6. The third-order valence-corrected chi connectivity index (χ3v) is 6.60. The summed E-state index contributed by atoms with van der Waals surface area (Å²) in [6.07, 6.45) is 7.62. The minimum absolute atomic E-state index is 0.0793. The van der Waals surface area contributed by atoms with Crippen molar-refractivity contribution in [3.05, 3.63) is 96.2 Å². The summed E-state index contributed by atoms with van der Waals surface area (Å²) in [5, 5.41) is 7.46. The Morgan fingerprint density at radius 3 is 2.47 bits per heavy atom. The van der Waals surface area contributed by atoms with Crippen LogP contribution in [-0.2, 0) is 11.2 Å². The van der Waals surface area contributed by atoms with Gasteiger partial charge in [0.05, 0.1) is 17.8 Å². The van der Waals surface area contributed by atoms with Crippen molar-refractivity contribution >= 4 is 17.5 Å². The maximum atomic E-state index is 13.7. The zero-order valence-electron chi connectivity index (χ0n) is 20.1. The molecule has 0 spiro atoms. The molecule has 5 rings (SSSR count). The van der Waals surface area contributed by atoms with Crippen LogP contribution in [0.15, 0.2) is 79.3 Å². The van der Waals surface area contributed by atoms with Gasteiger partial charge in [-0.05, 0) is 73.4 Å². The predicted octanol–water partition coefficient (Wildman–Crippen LogP) is 4.86. The van der Waals surface area contributed by atoms with Crippen molar-refractivity contribution in [2.24, 2.45) is 5.92 Å². The van der Waals surface area contributed by atoms with E-state index >= 15 is 0 Å². The summed E-state index contributed by atoms with van der Waals surface area (Å²) in [6.45, 7) is 3.00. The molecular weight excluding hydrogens is 457 g/mol. The lowest BCUT2D eigenvalue weighted by Gasteiger charge is -2.32. The maximum absolute atomic E-state index is 13.7. The average molecular weight is 486 g/mol. The van der Waals surface area contributed by atoms with Crippen LogP contribution in [0.5, 0.6) is 0 Å². The number of amides is 2. The lowest BCUT2D eigenvalue weighted by molar-refractivity contribution is -0.121. The van der Waals surface area contributed by atoms with Crippen LogP contribution in [0.4, 0.5) is 10.1 Å². The Kier molecular flexibility index (Phi) is 6.66. The Hall–Kier alpha value is -4.20. The van der Waals surface area contributed by atoms with Crippen LogP contribution in [0.25, 0.3) is 11.5 Å². The molecule has 7 nitrogen and oxygen atoms in total. The van der Waals surface area contributed by atoms with Gasteiger partial charge >= 0.3 is 0 Å². The third kappa shape index (κ3) is 4.79. The molecule has 1 aliphatic heterocycles. The molecule has 2 amide bonds. The van der Waals surface area contributed by atoms with E-state index in [4.69, 9.17) is 0 Å². The average Bonchev–Trinajstić information content (AvgIpc) is 3.59. The largest absolute Gasteiger partial charge is 0.338 e. The molecule has 0 radical (unpaired) electrons. The van der Waals surface area contributed by atoms with E-state index in [2.05, 4.69) is 17.3 Å². The first-order valence-electron chi connectivity index (χ1n) is 12.2.